The van der Waals surface area contributed by atoms with Gasteiger partial charge >= 0.3 is 0 Å². The van der Waals surface area contributed by atoms with Crippen LogP contribution in [-0.4, -0.2) is 10.2 Å². The summed E-state index contributed by atoms with van der Waals surface area (Å²) in [6.07, 6.45) is 0. The summed E-state index contributed by atoms with van der Waals surface area (Å²) in [7, 11) is 1.73. The fourth-order valence-electron chi connectivity index (χ4n) is 1.73. The average molecular weight is 1160 g/mol. The highest BCUT2D eigenvalue weighted by atomic mass is 127. The van der Waals surface area contributed by atoms with Gasteiger partial charge in [-0.2, -0.15) is 0 Å². The van der Waals surface area contributed by atoms with Crippen molar-refractivity contribution < 1.29 is 9.59 Å². The van der Waals surface area contributed by atoms with E-state index >= 15 is 0 Å². The Bertz CT molecular complexity index is 892. The van der Waals surface area contributed by atoms with Gasteiger partial charge in [-0.15, -0.1) is 0 Å². The molecule has 14 heteroatoms. The van der Waals surface area contributed by atoms with Crippen LogP contribution in [0.25, 0.3) is 0 Å². The Labute approximate surface area is 263 Å². The Balaban J connectivity index is 2.34. The van der Waals surface area contributed by atoms with Gasteiger partial charge < -0.3 is 0 Å². The molecule has 2 rings (SSSR count). The van der Waals surface area contributed by atoms with Crippen molar-refractivity contribution in [3.63, 3.8) is 0 Å². The van der Waals surface area contributed by atoms with Crippen molar-refractivity contribution in [3.8, 4) is 0 Å². The molecule has 2 aromatic carbocycles. The first kappa shape index (κ1) is 28.0. The standard InChI is InChI=1S/C14Br8I2O2S2/c15-3-1(4(16)8(20)11(23)7(3)19)13(25)27-28-14(26)2-5(17)9(21)12(24)10(22)6(2)18. The molecule has 0 aliphatic heterocycles. The van der Waals surface area contributed by atoms with Crippen LogP contribution in [0.15, 0.2) is 35.8 Å². The van der Waals surface area contributed by atoms with Crippen molar-refractivity contribution in [2.75, 3.05) is 0 Å². The molecule has 0 aromatic heterocycles. The predicted molar refractivity (Wildman–Crippen MR) is 164 cm³/mol. The summed E-state index contributed by atoms with van der Waals surface area (Å²) < 4.78 is 7.39. The second-order valence-electron chi connectivity index (χ2n) is 4.63. The molecule has 0 radical (unpaired) electrons. The summed E-state index contributed by atoms with van der Waals surface area (Å²) in [4.78, 5) is 25.7. The molecular formula is C14Br8I2O2S2. The first-order chi connectivity index (χ1) is 12.9. The van der Waals surface area contributed by atoms with Crippen LogP contribution < -0.4 is 0 Å². The van der Waals surface area contributed by atoms with Gasteiger partial charge in [0, 0.05) is 42.9 Å². The Morgan fingerprint density at radius 3 is 0.929 bits per heavy atom. The van der Waals surface area contributed by atoms with Crippen molar-refractivity contribution >= 4 is 204 Å². The maximum absolute atomic E-state index is 12.8. The third-order valence-electron chi connectivity index (χ3n) is 3.02. The second-order valence-corrected chi connectivity index (χ2v) is 15.2. The lowest BCUT2D eigenvalue weighted by Crippen LogP contribution is -2.02. The lowest BCUT2D eigenvalue weighted by Gasteiger charge is -2.13. The molecule has 0 N–H and O–H groups in total. The number of carbonyl (C=O) groups is 2. The maximum Gasteiger partial charge on any atom is 0.232 e. The third kappa shape index (κ3) is 5.88. The highest BCUT2D eigenvalue weighted by Gasteiger charge is 2.27. The fraction of sp³-hybridized carbons (Fsp3) is 0. The van der Waals surface area contributed by atoms with Crippen molar-refractivity contribution in [1.82, 2.24) is 0 Å². The van der Waals surface area contributed by atoms with E-state index in [0.29, 0.717) is 29.0 Å². The lowest BCUT2D eigenvalue weighted by molar-refractivity contribution is 0.107. The minimum atomic E-state index is -0.259. The van der Waals surface area contributed by atoms with Crippen LogP contribution in [0.2, 0.25) is 0 Å². The summed E-state index contributed by atoms with van der Waals surface area (Å²) in [5, 5.41) is -0.517. The number of carbonyl (C=O) groups excluding carboxylic acids is 2. The predicted octanol–water partition coefficient (Wildman–Crippen LogP) is 11.4. The van der Waals surface area contributed by atoms with Gasteiger partial charge in [0.2, 0.25) is 10.2 Å². The quantitative estimate of drug-likeness (QED) is 0.130. The summed E-state index contributed by atoms with van der Waals surface area (Å²) in [5.74, 6) is 0. The van der Waals surface area contributed by atoms with E-state index in [1.807, 2.05) is 0 Å². The number of hydrogen-bond acceptors (Lipinski definition) is 4. The van der Waals surface area contributed by atoms with Crippen LogP contribution in [0.3, 0.4) is 0 Å². The number of benzene rings is 2. The summed E-state index contributed by atoms with van der Waals surface area (Å²) in [5.41, 5.74) is 0.875. The van der Waals surface area contributed by atoms with E-state index in [9.17, 15) is 9.59 Å². The van der Waals surface area contributed by atoms with Gasteiger partial charge in [-0.05, 0) is 194 Å². The van der Waals surface area contributed by atoms with Crippen LogP contribution in [0.5, 0.6) is 0 Å². The summed E-state index contributed by atoms with van der Waals surface area (Å²) in [6, 6.07) is 0. The van der Waals surface area contributed by atoms with Gasteiger partial charge in [-0.1, -0.05) is 0 Å². The van der Waals surface area contributed by atoms with Gasteiger partial charge in [-0.25, -0.2) is 0 Å². The lowest BCUT2D eigenvalue weighted by atomic mass is 10.2. The Morgan fingerprint density at radius 2 is 0.714 bits per heavy atom. The molecule has 0 aliphatic rings. The molecule has 28 heavy (non-hydrogen) atoms. The molecular weight excluding hydrogens is 1160 g/mol. The van der Waals surface area contributed by atoms with Crippen LogP contribution >= 0.6 is 194 Å². The molecule has 0 aliphatic carbocycles. The van der Waals surface area contributed by atoms with Gasteiger partial charge in [-0.3, -0.25) is 9.59 Å². The van der Waals surface area contributed by atoms with Crippen LogP contribution in [0.4, 0.5) is 0 Å². The number of rotatable bonds is 2. The molecule has 0 bridgehead atoms. The Morgan fingerprint density at radius 1 is 0.500 bits per heavy atom. The topological polar surface area (TPSA) is 34.1 Å². The molecule has 2 aromatic rings. The third-order valence-corrected chi connectivity index (χ3v) is 18.6. The average Bonchev–Trinajstić information content (AvgIpc) is 2.66. The zero-order valence-corrected chi connectivity index (χ0v) is 31.0. The van der Waals surface area contributed by atoms with Crippen molar-refractivity contribution in [3.05, 3.63) is 54.0 Å². The van der Waals surface area contributed by atoms with E-state index in [-0.39, 0.29) is 10.2 Å². The van der Waals surface area contributed by atoms with Crippen molar-refractivity contribution in [1.29, 1.82) is 0 Å². The highest BCUT2D eigenvalue weighted by molar-refractivity contribution is 14.1. The molecule has 150 valence electrons. The van der Waals surface area contributed by atoms with E-state index in [0.717, 1.165) is 46.6 Å². The largest absolute Gasteiger partial charge is 0.281 e. The molecule has 0 unspecified atom stereocenters. The SMILES string of the molecule is O=C(SSC(=O)c1c(Br)c(Br)c(I)c(Br)c1Br)c1c(Br)c(Br)c(I)c(Br)c1Br. The molecule has 0 fully saturated rings. The van der Waals surface area contributed by atoms with Crippen molar-refractivity contribution in [2.24, 2.45) is 0 Å². The Hall–Kier alpha value is 3.78. The van der Waals surface area contributed by atoms with Crippen molar-refractivity contribution in [2.45, 2.75) is 0 Å². The van der Waals surface area contributed by atoms with E-state index in [1.54, 1.807) is 0 Å². The van der Waals surface area contributed by atoms with E-state index < -0.39 is 0 Å². The molecule has 0 saturated heterocycles. The van der Waals surface area contributed by atoms with Crippen LogP contribution in [-0.2, 0) is 0 Å². The van der Waals surface area contributed by atoms with Gasteiger partial charge in [0.25, 0.3) is 0 Å². The minimum absolute atomic E-state index is 0.259. The summed E-state index contributed by atoms with van der Waals surface area (Å²) in [6.45, 7) is 0. The van der Waals surface area contributed by atoms with E-state index in [4.69, 9.17) is 0 Å². The number of halogens is 10. The monoisotopic (exact) mass is 1150 g/mol. The fourth-order valence-corrected chi connectivity index (χ4v) is 11.5. The van der Waals surface area contributed by atoms with Gasteiger partial charge in [0.1, 0.15) is 0 Å². The first-order valence-corrected chi connectivity index (χ1v) is 17.0. The molecule has 0 saturated carbocycles. The minimum Gasteiger partial charge on any atom is -0.281 e. The molecule has 0 spiro atoms. The molecule has 0 amide bonds. The summed E-state index contributed by atoms with van der Waals surface area (Å²) >= 11 is 32.1. The molecule has 0 heterocycles. The zero-order chi connectivity index (χ0) is 21.5. The van der Waals surface area contributed by atoms with E-state index in [1.165, 1.54) is 0 Å². The molecule has 0 atom stereocenters. The maximum atomic E-state index is 12.8. The molecule has 2 nitrogen and oxygen atoms in total. The van der Waals surface area contributed by atoms with Gasteiger partial charge in [0.05, 0.1) is 11.1 Å². The van der Waals surface area contributed by atoms with E-state index in [2.05, 4.69) is 173 Å². The normalized spacial score (nSPS) is 11.1. The Kier molecular flexibility index (Phi) is 12.0. The highest BCUT2D eigenvalue weighted by Crippen LogP contribution is 2.47. The number of hydrogen-bond donors (Lipinski definition) is 0. The van der Waals surface area contributed by atoms with Crippen LogP contribution in [0.1, 0.15) is 20.7 Å². The van der Waals surface area contributed by atoms with Crippen LogP contribution in [0, 0.1) is 7.14 Å². The smallest absolute Gasteiger partial charge is 0.232 e. The second kappa shape index (κ2) is 12.0. The first-order valence-electron chi connectivity index (χ1n) is 6.37. The van der Waals surface area contributed by atoms with Gasteiger partial charge in [0.15, 0.2) is 0 Å². The zero-order valence-electron chi connectivity index (χ0n) is 12.4.